The summed E-state index contributed by atoms with van der Waals surface area (Å²) in [6.45, 7) is 5.08. The number of hydrogen-bond acceptors (Lipinski definition) is 4. The van der Waals surface area contributed by atoms with Crippen LogP contribution in [-0.4, -0.2) is 55.5 Å². The molecule has 2 heterocycles. The van der Waals surface area contributed by atoms with Crippen LogP contribution in [0.25, 0.3) is 0 Å². The van der Waals surface area contributed by atoms with E-state index in [-0.39, 0.29) is 0 Å². The summed E-state index contributed by atoms with van der Waals surface area (Å²) in [5, 5.41) is 3.93. The minimum Gasteiger partial charge on any atom is -0.363 e. The van der Waals surface area contributed by atoms with Crippen LogP contribution in [0, 0.1) is 0 Å². The fourth-order valence-electron chi connectivity index (χ4n) is 2.18. The monoisotopic (exact) mass is 381 g/mol. The number of sulfonamides is 1. The summed E-state index contributed by atoms with van der Waals surface area (Å²) in [5.41, 5.74) is 0. The predicted octanol–water partition coefficient (Wildman–Crippen LogP) is 2.38. The summed E-state index contributed by atoms with van der Waals surface area (Å²) >= 11 is 12.3. The highest BCUT2D eigenvalue weighted by Gasteiger charge is 2.30. The van der Waals surface area contributed by atoms with Crippen LogP contribution in [0.4, 0.5) is 0 Å². The third-order valence-corrected chi connectivity index (χ3v) is 7.47. The lowest BCUT2D eigenvalue weighted by atomic mass is 10.3. The van der Waals surface area contributed by atoms with E-state index in [2.05, 4.69) is 12.2 Å². The van der Waals surface area contributed by atoms with Gasteiger partial charge in [-0.25, -0.2) is 8.42 Å². The summed E-state index contributed by atoms with van der Waals surface area (Å²) in [6, 6.07) is 3.17. The van der Waals surface area contributed by atoms with Crippen LogP contribution in [-0.2, 0) is 10.0 Å². The Kier molecular flexibility index (Phi) is 6.46. The smallest absolute Gasteiger partial charge is 0.252 e. The molecule has 0 radical (unpaired) electrons. The van der Waals surface area contributed by atoms with Crippen molar-refractivity contribution >= 4 is 50.3 Å². The van der Waals surface area contributed by atoms with Crippen LogP contribution < -0.4 is 5.32 Å². The topological polar surface area (TPSA) is 52.6 Å². The normalized spacial score (nSPS) is 16.7. The van der Waals surface area contributed by atoms with Crippen molar-refractivity contribution in [3.8, 4) is 0 Å². The number of nitrogens with one attached hydrogen (secondary N) is 1. The largest absolute Gasteiger partial charge is 0.363 e. The van der Waals surface area contributed by atoms with E-state index in [1.807, 2.05) is 4.90 Å². The fraction of sp³-hybridized carbons (Fsp3) is 0.615. The van der Waals surface area contributed by atoms with Crippen LogP contribution in [0.5, 0.6) is 0 Å². The molecule has 0 atom stereocenters. The molecule has 9 heteroatoms. The zero-order chi connectivity index (χ0) is 16.2. The number of hydrogen-bond donors (Lipinski definition) is 1. The van der Waals surface area contributed by atoms with E-state index >= 15 is 0 Å². The molecular weight excluding hydrogens is 362 g/mol. The molecule has 1 fully saturated rings. The molecule has 0 bridgehead atoms. The lowest BCUT2D eigenvalue weighted by Crippen LogP contribution is -2.53. The van der Waals surface area contributed by atoms with E-state index < -0.39 is 10.0 Å². The summed E-state index contributed by atoms with van der Waals surface area (Å²) in [6.07, 6.45) is 2.19. The Hall–Kier alpha value is -0.410. The van der Waals surface area contributed by atoms with Crippen molar-refractivity contribution in [1.82, 2.24) is 14.5 Å². The first-order chi connectivity index (χ1) is 10.4. The van der Waals surface area contributed by atoms with Gasteiger partial charge in [-0.3, -0.25) is 0 Å². The second kappa shape index (κ2) is 7.92. The van der Waals surface area contributed by atoms with Crippen molar-refractivity contribution in [2.45, 2.75) is 24.0 Å². The highest BCUT2D eigenvalue weighted by Crippen LogP contribution is 2.28. The molecule has 2 rings (SSSR count). The Morgan fingerprint density at radius 1 is 1.36 bits per heavy atom. The SMILES string of the molecule is CCCCNC(=S)N1CCN(S(=O)(=O)c2ccc(Cl)s2)CC1. The lowest BCUT2D eigenvalue weighted by molar-refractivity contribution is 0.264. The summed E-state index contributed by atoms with van der Waals surface area (Å²) in [7, 11) is -3.43. The molecule has 1 aliphatic rings. The third-order valence-electron chi connectivity index (χ3n) is 3.48. The molecule has 0 saturated carbocycles. The molecule has 1 saturated heterocycles. The first-order valence-corrected chi connectivity index (χ1v) is 10.3. The second-order valence-electron chi connectivity index (χ2n) is 5.04. The van der Waals surface area contributed by atoms with Gasteiger partial charge in [0.25, 0.3) is 10.0 Å². The molecule has 1 aromatic heterocycles. The molecule has 0 aliphatic carbocycles. The Balaban J connectivity index is 1.90. The van der Waals surface area contributed by atoms with Gasteiger partial charge in [0.05, 0.1) is 4.34 Å². The Labute approximate surface area is 146 Å². The maximum absolute atomic E-state index is 12.5. The molecule has 0 unspecified atom stereocenters. The van der Waals surface area contributed by atoms with Crippen molar-refractivity contribution in [2.75, 3.05) is 32.7 Å². The average Bonchev–Trinajstić information content (AvgIpc) is 2.95. The van der Waals surface area contributed by atoms with Crippen molar-refractivity contribution in [3.63, 3.8) is 0 Å². The van der Waals surface area contributed by atoms with Crippen LogP contribution in [0.15, 0.2) is 16.3 Å². The highest BCUT2D eigenvalue weighted by molar-refractivity contribution is 7.91. The van der Waals surface area contributed by atoms with Crippen molar-refractivity contribution < 1.29 is 8.42 Å². The van der Waals surface area contributed by atoms with Gasteiger partial charge in [0.15, 0.2) is 5.11 Å². The molecule has 22 heavy (non-hydrogen) atoms. The Bertz CT molecular complexity index is 610. The zero-order valence-corrected chi connectivity index (χ0v) is 15.6. The number of piperazine rings is 1. The Morgan fingerprint density at radius 3 is 2.59 bits per heavy atom. The predicted molar refractivity (Wildman–Crippen MR) is 95.2 cm³/mol. The van der Waals surface area contributed by atoms with Crippen molar-refractivity contribution in [3.05, 3.63) is 16.5 Å². The molecule has 0 spiro atoms. The number of unbranched alkanes of at least 4 members (excludes halogenated alkanes) is 1. The van der Waals surface area contributed by atoms with E-state index in [4.69, 9.17) is 23.8 Å². The van der Waals surface area contributed by atoms with Gasteiger partial charge in [-0.2, -0.15) is 4.31 Å². The van der Waals surface area contributed by atoms with Gasteiger partial charge in [0.2, 0.25) is 0 Å². The highest BCUT2D eigenvalue weighted by atomic mass is 35.5. The standard InChI is InChI=1S/C13H20ClN3O2S3/c1-2-3-6-15-13(20)16-7-9-17(10-8-16)22(18,19)12-5-4-11(14)21-12/h4-5H,2-3,6-10H2,1H3,(H,15,20). The molecule has 5 nitrogen and oxygen atoms in total. The third kappa shape index (κ3) is 4.32. The Morgan fingerprint density at radius 2 is 2.05 bits per heavy atom. The summed E-state index contributed by atoms with van der Waals surface area (Å²) in [5.74, 6) is 0. The van der Waals surface area contributed by atoms with Gasteiger partial charge in [-0.15, -0.1) is 11.3 Å². The average molecular weight is 382 g/mol. The molecule has 0 aromatic carbocycles. The fourth-order valence-corrected chi connectivity index (χ4v) is 5.52. The van der Waals surface area contributed by atoms with Crippen LogP contribution in [0.1, 0.15) is 19.8 Å². The summed E-state index contributed by atoms with van der Waals surface area (Å²) in [4.78, 5) is 2.03. The van der Waals surface area contributed by atoms with E-state index in [9.17, 15) is 8.42 Å². The van der Waals surface area contributed by atoms with Gasteiger partial charge in [0, 0.05) is 32.7 Å². The first-order valence-electron chi connectivity index (χ1n) is 7.23. The molecular formula is C13H20ClN3O2S3. The van der Waals surface area contributed by atoms with Gasteiger partial charge < -0.3 is 10.2 Å². The van der Waals surface area contributed by atoms with Gasteiger partial charge in [0.1, 0.15) is 4.21 Å². The van der Waals surface area contributed by atoms with E-state index in [0.29, 0.717) is 39.8 Å². The number of thiocarbonyl (C=S) groups is 1. The molecule has 1 N–H and O–H groups in total. The van der Waals surface area contributed by atoms with Crippen molar-refractivity contribution in [1.29, 1.82) is 0 Å². The molecule has 0 amide bonds. The van der Waals surface area contributed by atoms with Gasteiger partial charge >= 0.3 is 0 Å². The van der Waals surface area contributed by atoms with Crippen LogP contribution in [0.3, 0.4) is 0 Å². The minimum atomic E-state index is -3.43. The number of thiophene rings is 1. The molecule has 124 valence electrons. The van der Waals surface area contributed by atoms with E-state index in [0.717, 1.165) is 30.7 Å². The minimum absolute atomic E-state index is 0.301. The van der Waals surface area contributed by atoms with Crippen molar-refractivity contribution in [2.24, 2.45) is 0 Å². The number of rotatable bonds is 5. The molecule has 1 aliphatic heterocycles. The maximum Gasteiger partial charge on any atom is 0.252 e. The lowest BCUT2D eigenvalue weighted by Gasteiger charge is -2.35. The molecule has 1 aromatic rings. The van der Waals surface area contributed by atoms with Crippen LogP contribution in [0.2, 0.25) is 4.34 Å². The van der Waals surface area contributed by atoms with Gasteiger partial charge in [-0.1, -0.05) is 24.9 Å². The van der Waals surface area contributed by atoms with E-state index in [1.165, 1.54) is 4.31 Å². The first kappa shape index (κ1) is 17.9. The quantitative estimate of drug-likeness (QED) is 0.627. The van der Waals surface area contributed by atoms with E-state index in [1.54, 1.807) is 12.1 Å². The van der Waals surface area contributed by atoms with Crippen LogP contribution >= 0.6 is 35.2 Å². The summed E-state index contributed by atoms with van der Waals surface area (Å²) < 4.78 is 27.3. The zero-order valence-electron chi connectivity index (χ0n) is 12.4. The number of halogens is 1. The maximum atomic E-state index is 12.5. The number of nitrogens with zero attached hydrogens (tertiary/aromatic N) is 2. The second-order valence-corrected chi connectivity index (χ2v) is 9.30. The van der Waals surface area contributed by atoms with Gasteiger partial charge in [-0.05, 0) is 30.8 Å².